The lowest BCUT2D eigenvalue weighted by Gasteiger charge is -2.07. The highest BCUT2D eigenvalue weighted by Gasteiger charge is 2.19. The number of ketones is 1. The number of carbonyl (C=O) groups is 1. The van der Waals surface area contributed by atoms with E-state index in [1.54, 1.807) is 35.1 Å². The number of aromatic nitrogens is 3. The smallest absolute Gasteiger partial charge is 0.233 e. The van der Waals surface area contributed by atoms with E-state index in [4.69, 9.17) is 11.6 Å². The second-order valence-corrected chi connectivity index (χ2v) is 9.04. The van der Waals surface area contributed by atoms with Crippen molar-refractivity contribution in [3.63, 3.8) is 0 Å². The van der Waals surface area contributed by atoms with Crippen LogP contribution in [0, 0.1) is 5.82 Å². The number of hydrogen-bond donors (Lipinski definition) is 0. The van der Waals surface area contributed by atoms with Gasteiger partial charge >= 0.3 is 0 Å². The van der Waals surface area contributed by atoms with Crippen LogP contribution in [0.3, 0.4) is 0 Å². The normalized spacial score (nSPS) is 11.7. The molecular formula is C21H15ClFN3O3S. The van der Waals surface area contributed by atoms with Gasteiger partial charge < -0.3 is 0 Å². The Morgan fingerprint density at radius 3 is 2.57 bits per heavy atom. The maximum absolute atomic E-state index is 13.5. The number of halogens is 2. The maximum atomic E-state index is 13.5. The molecule has 2 aromatic heterocycles. The maximum Gasteiger partial charge on any atom is 0.233 e. The number of rotatable bonds is 6. The van der Waals surface area contributed by atoms with Crippen molar-refractivity contribution in [2.45, 2.75) is 22.6 Å². The SMILES string of the molecule is O=C(CCc1ccc(S(=O)(=O)c2cc(F)cc(Cl)c2)cc1)c1cnc2nccn2c1. The van der Waals surface area contributed by atoms with Gasteiger partial charge in [0.05, 0.1) is 15.4 Å². The molecule has 152 valence electrons. The third-order valence-electron chi connectivity index (χ3n) is 4.59. The van der Waals surface area contributed by atoms with Crippen molar-refractivity contribution in [2.75, 3.05) is 0 Å². The molecule has 0 spiro atoms. The lowest BCUT2D eigenvalue weighted by molar-refractivity contribution is 0.0982. The van der Waals surface area contributed by atoms with Crippen LogP contribution in [0.4, 0.5) is 4.39 Å². The van der Waals surface area contributed by atoms with Crippen molar-refractivity contribution in [3.05, 3.63) is 89.2 Å². The lowest BCUT2D eigenvalue weighted by atomic mass is 10.0. The highest BCUT2D eigenvalue weighted by molar-refractivity contribution is 7.91. The summed E-state index contributed by atoms with van der Waals surface area (Å²) in [5.74, 6) is -0.285. The molecule has 0 atom stereocenters. The van der Waals surface area contributed by atoms with E-state index in [0.717, 1.165) is 17.7 Å². The van der Waals surface area contributed by atoms with Crippen LogP contribution < -0.4 is 0 Å². The molecule has 0 radical (unpaired) electrons. The molecule has 0 amide bonds. The molecule has 2 aromatic carbocycles. The Bertz CT molecular complexity index is 1330. The second kappa shape index (κ2) is 7.97. The molecule has 30 heavy (non-hydrogen) atoms. The number of imidazole rings is 1. The van der Waals surface area contributed by atoms with Crippen molar-refractivity contribution < 1.29 is 17.6 Å². The Morgan fingerprint density at radius 1 is 1.07 bits per heavy atom. The van der Waals surface area contributed by atoms with Crippen LogP contribution in [0.1, 0.15) is 22.3 Å². The third kappa shape index (κ3) is 4.10. The highest BCUT2D eigenvalue weighted by Crippen LogP contribution is 2.25. The van der Waals surface area contributed by atoms with Crippen LogP contribution in [-0.2, 0) is 16.3 Å². The van der Waals surface area contributed by atoms with E-state index in [-0.39, 0.29) is 27.0 Å². The molecule has 4 aromatic rings. The number of fused-ring (bicyclic) bond motifs is 1. The van der Waals surface area contributed by atoms with Crippen molar-refractivity contribution in [1.82, 2.24) is 14.4 Å². The standard InChI is InChI=1S/C21H15ClFN3O3S/c22-16-9-17(23)11-19(10-16)30(28,29)18-4-1-14(2-5-18)3-6-20(27)15-12-25-21-24-7-8-26(21)13-15/h1-2,4-5,7-13H,3,6H2. The quantitative estimate of drug-likeness (QED) is 0.418. The summed E-state index contributed by atoms with van der Waals surface area (Å²) < 4.78 is 40.6. The number of carbonyl (C=O) groups excluding carboxylic acids is 1. The third-order valence-corrected chi connectivity index (χ3v) is 6.56. The number of benzene rings is 2. The molecule has 0 aliphatic carbocycles. The second-order valence-electron chi connectivity index (χ2n) is 6.65. The Morgan fingerprint density at radius 2 is 1.83 bits per heavy atom. The van der Waals surface area contributed by atoms with Gasteiger partial charge in [-0.15, -0.1) is 0 Å². The Hall–Kier alpha value is -3.10. The van der Waals surface area contributed by atoms with Gasteiger partial charge in [-0.25, -0.2) is 22.8 Å². The Balaban J connectivity index is 1.47. The van der Waals surface area contributed by atoms with Gasteiger partial charge in [0.15, 0.2) is 5.78 Å². The van der Waals surface area contributed by atoms with E-state index < -0.39 is 15.7 Å². The van der Waals surface area contributed by atoms with Crippen LogP contribution in [-0.4, -0.2) is 28.6 Å². The summed E-state index contributed by atoms with van der Waals surface area (Å²) in [6.45, 7) is 0. The van der Waals surface area contributed by atoms with Crippen LogP contribution in [0.25, 0.3) is 5.78 Å². The fraction of sp³-hybridized carbons (Fsp3) is 0.0952. The number of Topliss-reactive ketones (excluding diaryl/α,β-unsaturated/α-hetero) is 1. The molecule has 0 saturated carbocycles. The first-order valence-corrected chi connectivity index (χ1v) is 10.8. The summed E-state index contributed by atoms with van der Waals surface area (Å²) in [4.78, 5) is 20.4. The van der Waals surface area contributed by atoms with Crippen LogP contribution in [0.5, 0.6) is 0 Å². The fourth-order valence-electron chi connectivity index (χ4n) is 3.02. The number of nitrogens with zero attached hydrogens (tertiary/aromatic N) is 3. The summed E-state index contributed by atoms with van der Waals surface area (Å²) in [6, 6.07) is 9.33. The summed E-state index contributed by atoms with van der Waals surface area (Å²) >= 11 is 5.77. The highest BCUT2D eigenvalue weighted by atomic mass is 35.5. The Labute approximate surface area is 176 Å². The summed E-state index contributed by atoms with van der Waals surface area (Å²) in [6.07, 6.45) is 7.16. The van der Waals surface area contributed by atoms with E-state index in [1.165, 1.54) is 24.4 Å². The van der Waals surface area contributed by atoms with Gasteiger partial charge in [0.2, 0.25) is 15.6 Å². The zero-order valence-corrected chi connectivity index (χ0v) is 17.1. The van der Waals surface area contributed by atoms with Crippen molar-refractivity contribution in [1.29, 1.82) is 0 Å². The average molecular weight is 444 g/mol. The molecule has 0 saturated heterocycles. The van der Waals surface area contributed by atoms with Gasteiger partial charge in [-0.3, -0.25) is 9.20 Å². The van der Waals surface area contributed by atoms with Crippen molar-refractivity contribution >= 4 is 33.0 Å². The van der Waals surface area contributed by atoms with Crippen LogP contribution >= 0.6 is 11.6 Å². The average Bonchev–Trinajstić information content (AvgIpc) is 3.19. The van der Waals surface area contributed by atoms with Crippen molar-refractivity contribution in [2.24, 2.45) is 0 Å². The zero-order chi connectivity index (χ0) is 21.3. The number of sulfone groups is 1. The van der Waals surface area contributed by atoms with E-state index in [0.29, 0.717) is 17.8 Å². The zero-order valence-electron chi connectivity index (χ0n) is 15.5. The summed E-state index contributed by atoms with van der Waals surface area (Å²) in [7, 11) is -3.90. The monoisotopic (exact) mass is 443 g/mol. The van der Waals surface area contributed by atoms with Gasteiger partial charge in [-0.05, 0) is 42.3 Å². The number of hydrogen-bond acceptors (Lipinski definition) is 5. The predicted molar refractivity (Wildman–Crippen MR) is 109 cm³/mol. The van der Waals surface area contributed by atoms with Gasteiger partial charge in [0, 0.05) is 36.2 Å². The molecule has 0 unspecified atom stereocenters. The van der Waals surface area contributed by atoms with E-state index in [1.807, 2.05) is 0 Å². The Kier molecular flexibility index (Phi) is 5.36. The molecule has 0 aliphatic rings. The molecule has 0 aliphatic heterocycles. The summed E-state index contributed by atoms with van der Waals surface area (Å²) in [5.41, 5.74) is 1.28. The van der Waals surface area contributed by atoms with Gasteiger partial charge in [-0.2, -0.15) is 0 Å². The molecule has 6 nitrogen and oxygen atoms in total. The first kappa shape index (κ1) is 20.2. The van der Waals surface area contributed by atoms with E-state index in [9.17, 15) is 17.6 Å². The number of aryl methyl sites for hydroxylation is 1. The van der Waals surface area contributed by atoms with Crippen LogP contribution in [0.2, 0.25) is 5.02 Å². The van der Waals surface area contributed by atoms with E-state index >= 15 is 0 Å². The van der Waals surface area contributed by atoms with Gasteiger partial charge in [0.1, 0.15) is 5.82 Å². The van der Waals surface area contributed by atoms with E-state index in [2.05, 4.69) is 9.97 Å². The molecule has 0 bridgehead atoms. The van der Waals surface area contributed by atoms with Gasteiger partial charge in [-0.1, -0.05) is 23.7 Å². The topological polar surface area (TPSA) is 81.4 Å². The molecule has 0 fully saturated rings. The molecule has 2 heterocycles. The molecular weight excluding hydrogens is 429 g/mol. The molecule has 0 N–H and O–H groups in total. The summed E-state index contributed by atoms with van der Waals surface area (Å²) in [5, 5.41) is 0.00655. The minimum atomic E-state index is -3.90. The fourth-order valence-corrected chi connectivity index (χ4v) is 4.62. The largest absolute Gasteiger partial charge is 0.294 e. The van der Waals surface area contributed by atoms with Gasteiger partial charge in [0.25, 0.3) is 0 Å². The predicted octanol–water partition coefficient (Wildman–Crippen LogP) is 4.17. The minimum Gasteiger partial charge on any atom is -0.294 e. The lowest BCUT2D eigenvalue weighted by Crippen LogP contribution is -2.05. The van der Waals surface area contributed by atoms with Crippen molar-refractivity contribution in [3.8, 4) is 0 Å². The van der Waals surface area contributed by atoms with Crippen LogP contribution in [0.15, 0.2) is 77.0 Å². The minimum absolute atomic E-state index is 0.00655. The first-order valence-electron chi connectivity index (χ1n) is 8.95. The molecule has 4 rings (SSSR count). The first-order chi connectivity index (χ1) is 14.3. The molecule has 9 heteroatoms.